The van der Waals surface area contributed by atoms with Gasteiger partial charge in [0, 0.05) is 11.8 Å². The van der Waals surface area contributed by atoms with Gasteiger partial charge in [-0.05, 0) is 59.9 Å². The Balaban J connectivity index is 2.04. The highest BCUT2D eigenvalue weighted by atomic mass is 19.2. The number of aldehydes is 1. The van der Waals surface area contributed by atoms with Crippen molar-refractivity contribution < 1.29 is 13.6 Å². The minimum atomic E-state index is -0.762. The summed E-state index contributed by atoms with van der Waals surface area (Å²) in [6.45, 7) is 4.22. The van der Waals surface area contributed by atoms with Gasteiger partial charge in [-0.15, -0.1) is 0 Å². The van der Waals surface area contributed by atoms with Gasteiger partial charge in [-0.1, -0.05) is 57.0 Å². The van der Waals surface area contributed by atoms with E-state index in [0.29, 0.717) is 18.4 Å². The summed E-state index contributed by atoms with van der Waals surface area (Å²) < 4.78 is 28.2. The predicted octanol–water partition coefficient (Wildman–Crippen LogP) is 6.23. The first-order valence-corrected chi connectivity index (χ1v) is 10.1. The highest BCUT2D eigenvalue weighted by Gasteiger charge is 2.36. The van der Waals surface area contributed by atoms with Crippen LogP contribution in [0.1, 0.15) is 67.7 Å². The van der Waals surface area contributed by atoms with E-state index in [-0.39, 0.29) is 17.8 Å². The van der Waals surface area contributed by atoms with E-state index in [0.717, 1.165) is 43.1 Å². The Labute approximate surface area is 160 Å². The molecule has 0 saturated heterocycles. The van der Waals surface area contributed by atoms with E-state index in [9.17, 15) is 13.6 Å². The second-order valence-corrected chi connectivity index (χ2v) is 7.75. The van der Waals surface area contributed by atoms with Crippen LogP contribution in [0, 0.1) is 23.5 Å². The molecule has 0 heterocycles. The highest BCUT2D eigenvalue weighted by Crippen LogP contribution is 2.46. The van der Waals surface area contributed by atoms with Gasteiger partial charge in [-0.2, -0.15) is 0 Å². The third kappa shape index (κ3) is 3.97. The molecule has 1 aliphatic rings. The summed E-state index contributed by atoms with van der Waals surface area (Å²) >= 11 is 0. The average Bonchev–Trinajstić information content (AvgIpc) is 3.04. The topological polar surface area (TPSA) is 17.1 Å². The fourth-order valence-corrected chi connectivity index (χ4v) is 4.70. The fourth-order valence-electron chi connectivity index (χ4n) is 4.70. The second kappa shape index (κ2) is 8.77. The number of fused-ring (bicyclic) bond motifs is 1. The van der Waals surface area contributed by atoms with Crippen LogP contribution in [0.5, 0.6) is 0 Å². The lowest BCUT2D eigenvalue weighted by Crippen LogP contribution is -2.14. The molecule has 0 radical (unpaired) electrons. The van der Waals surface area contributed by atoms with E-state index in [1.165, 1.54) is 11.6 Å². The molecule has 0 saturated carbocycles. The molecular formula is C24H28F2O. The number of benzene rings is 2. The van der Waals surface area contributed by atoms with Gasteiger partial charge in [0.05, 0.1) is 0 Å². The van der Waals surface area contributed by atoms with Crippen molar-refractivity contribution in [1.82, 2.24) is 0 Å². The van der Waals surface area contributed by atoms with E-state index in [1.807, 2.05) is 12.1 Å². The molecular weight excluding hydrogens is 342 g/mol. The molecule has 3 unspecified atom stereocenters. The van der Waals surface area contributed by atoms with Crippen LogP contribution in [-0.2, 0) is 17.6 Å². The first-order valence-electron chi connectivity index (χ1n) is 10.1. The van der Waals surface area contributed by atoms with Gasteiger partial charge in [-0.25, -0.2) is 8.78 Å². The van der Waals surface area contributed by atoms with Crippen LogP contribution in [0.15, 0.2) is 36.4 Å². The van der Waals surface area contributed by atoms with E-state index >= 15 is 0 Å². The third-order valence-electron chi connectivity index (χ3n) is 5.89. The van der Waals surface area contributed by atoms with Crippen LogP contribution < -0.4 is 0 Å². The molecule has 0 spiro atoms. The van der Waals surface area contributed by atoms with Gasteiger partial charge in [-0.3, -0.25) is 0 Å². The van der Waals surface area contributed by atoms with Gasteiger partial charge in [0.15, 0.2) is 11.6 Å². The van der Waals surface area contributed by atoms with Crippen molar-refractivity contribution >= 4 is 6.29 Å². The highest BCUT2D eigenvalue weighted by molar-refractivity contribution is 5.55. The quantitative estimate of drug-likeness (QED) is 0.504. The summed E-state index contributed by atoms with van der Waals surface area (Å²) in [5.74, 6) is -1.11. The lowest BCUT2D eigenvalue weighted by molar-refractivity contribution is -0.111. The summed E-state index contributed by atoms with van der Waals surface area (Å²) in [4.78, 5) is 11.5. The number of carbonyl (C=O) groups excluding carboxylic acids is 1. The SMILES string of the molecule is CCCC(C=O)Cc1ccccc1C1c2ccc(F)c(F)c2CC1CCC. The van der Waals surface area contributed by atoms with Crippen molar-refractivity contribution in [3.05, 3.63) is 70.3 Å². The van der Waals surface area contributed by atoms with E-state index in [2.05, 4.69) is 26.0 Å². The molecule has 3 heteroatoms. The zero-order valence-electron chi connectivity index (χ0n) is 16.2. The van der Waals surface area contributed by atoms with E-state index in [1.54, 1.807) is 6.07 Å². The standard InChI is InChI=1S/C24H28F2O/c1-3-7-16(15-27)13-17-9-5-6-10-19(17)23-18(8-4-2)14-21-20(23)11-12-22(25)24(21)26/h5-6,9-12,15-16,18,23H,3-4,7-8,13-14H2,1-2H3. The molecule has 0 aromatic heterocycles. The Bertz CT molecular complexity index is 799. The van der Waals surface area contributed by atoms with Crippen molar-refractivity contribution in [3.63, 3.8) is 0 Å². The molecule has 1 nitrogen and oxygen atoms in total. The van der Waals surface area contributed by atoms with Gasteiger partial charge in [0.25, 0.3) is 0 Å². The van der Waals surface area contributed by atoms with Gasteiger partial charge < -0.3 is 4.79 Å². The number of halogens is 2. The number of hydrogen-bond acceptors (Lipinski definition) is 1. The Hall–Kier alpha value is -2.03. The second-order valence-electron chi connectivity index (χ2n) is 7.75. The van der Waals surface area contributed by atoms with Gasteiger partial charge in [0.1, 0.15) is 6.29 Å². The van der Waals surface area contributed by atoms with Crippen molar-refractivity contribution in [2.45, 2.75) is 58.3 Å². The Morgan fingerprint density at radius 3 is 2.56 bits per heavy atom. The summed E-state index contributed by atoms with van der Waals surface area (Å²) in [5, 5.41) is 0. The van der Waals surface area contributed by atoms with Crippen LogP contribution in [0.2, 0.25) is 0 Å². The maximum absolute atomic E-state index is 14.4. The van der Waals surface area contributed by atoms with E-state index in [4.69, 9.17) is 0 Å². The third-order valence-corrected chi connectivity index (χ3v) is 5.89. The monoisotopic (exact) mass is 370 g/mol. The Morgan fingerprint density at radius 1 is 1.07 bits per heavy atom. The van der Waals surface area contributed by atoms with E-state index < -0.39 is 11.6 Å². The molecule has 0 aliphatic heterocycles. The lowest BCUT2D eigenvalue weighted by atomic mass is 9.79. The first kappa shape index (κ1) is 19.7. The lowest BCUT2D eigenvalue weighted by Gasteiger charge is -2.24. The fraction of sp³-hybridized carbons (Fsp3) is 0.458. The zero-order chi connectivity index (χ0) is 19.4. The Morgan fingerprint density at radius 2 is 1.85 bits per heavy atom. The predicted molar refractivity (Wildman–Crippen MR) is 105 cm³/mol. The Kier molecular flexibility index (Phi) is 6.41. The van der Waals surface area contributed by atoms with Gasteiger partial charge >= 0.3 is 0 Å². The molecule has 0 amide bonds. The normalized spacial score (nSPS) is 19.7. The number of carbonyl (C=O) groups is 1. The molecule has 27 heavy (non-hydrogen) atoms. The molecule has 144 valence electrons. The zero-order valence-corrected chi connectivity index (χ0v) is 16.2. The van der Waals surface area contributed by atoms with Crippen LogP contribution in [-0.4, -0.2) is 6.29 Å². The minimum absolute atomic E-state index is 0.00611. The summed E-state index contributed by atoms with van der Waals surface area (Å²) in [5.41, 5.74) is 3.78. The molecule has 3 atom stereocenters. The molecule has 3 rings (SSSR count). The van der Waals surface area contributed by atoms with Crippen LogP contribution in [0.25, 0.3) is 0 Å². The van der Waals surface area contributed by atoms with Crippen LogP contribution in [0.3, 0.4) is 0 Å². The summed E-state index contributed by atoms with van der Waals surface area (Å²) in [7, 11) is 0. The van der Waals surface area contributed by atoms with Crippen molar-refractivity contribution in [2.24, 2.45) is 11.8 Å². The van der Waals surface area contributed by atoms with Crippen LogP contribution >= 0.6 is 0 Å². The summed E-state index contributed by atoms with van der Waals surface area (Å²) in [6, 6.07) is 11.2. The largest absolute Gasteiger partial charge is 0.303 e. The average molecular weight is 370 g/mol. The number of rotatable bonds is 8. The smallest absolute Gasteiger partial charge is 0.162 e. The van der Waals surface area contributed by atoms with Gasteiger partial charge in [0.2, 0.25) is 0 Å². The van der Waals surface area contributed by atoms with Crippen LogP contribution in [0.4, 0.5) is 8.78 Å². The number of hydrogen-bond donors (Lipinski definition) is 0. The maximum Gasteiger partial charge on any atom is 0.162 e. The molecule has 0 fully saturated rings. The molecule has 2 aromatic rings. The molecule has 2 aromatic carbocycles. The summed E-state index contributed by atoms with van der Waals surface area (Å²) in [6.07, 6.45) is 6.17. The maximum atomic E-state index is 14.4. The van der Waals surface area contributed by atoms with Crippen molar-refractivity contribution in [1.29, 1.82) is 0 Å². The molecule has 0 bridgehead atoms. The molecule has 0 N–H and O–H groups in total. The van der Waals surface area contributed by atoms with Crippen molar-refractivity contribution in [2.75, 3.05) is 0 Å². The first-order chi connectivity index (χ1) is 13.1. The molecule has 1 aliphatic carbocycles. The van der Waals surface area contributed by atoms with Crippen molar-refractivity contribution in [3.8, 4) is 0 Å². The minimum Gasteiger partial charge on any atom is -0.303 e.